The van der Waals surface area contributed by atoms with E-state index >= 15 is 0 Å². The fourth-order valence-corrected chi connectivity index (χ4v) is 4.06. The average molecular weight is 447 g/mol. The van der Waals surface area contributed by atoms with E-state index in [1.54, 1.807) is 12.1 Å². The van der Waals surface area contributed by atoms with E-state index < -0.39 is 22.5 Å². The molecule has 0 aromatic heterocycles. The summed E-state index contributed by atoms with van der Waals surface area (Å²) in [5.41, 5.74) is 2.21. The molecule has 2 aromatic carbocycles. The molecule has 0 saturated carbocycles. The van der Waals surface area contributed by atoms with Gasteiger partial charge < -0.3 is 15.4 Å². The van der Waals surface area contributed by atoms with Crippen LogP contribution in [0.25, 0.3) is 0 Å². The molecule has 2 amide bonds. The van der Waals surface area contributed by atoms with E-state index in [0.717, 1.165) is 38.4 Å². The molecule has 1 aliphatic rings. The molecular weight excluding hydrogens is 420 g/mol. The highest BCUT2D eigenvalue weighted by atomic mass is 32.2. The number of anilines is 2. The Bertz CT molecular complexity index is 1000. The minimum Gasteiger partial charge on any atom is -0.379 e. The molecule has 31 heavy (non-hydrogen) atoms. The molecule has 0 spiro atoms. The van der Waals surface area contributed by atoms with Crippen molar-refractivity contribution in [1.82, 2.24) is 9.62 Å². The van der Waals surface area contributed by atoms with Crippen LogP contribution in [0.1, 0.15) is 12.5 Å². The van der Waals surface area contributed by atoms with Crippen molar-refractivity contribution in [3.8, 4) is 0 Å². The topological polar surface area (TPSA) is 117 Å². The Kier molecular flexibility index (Phi) is 7.75. The van der Waals surface area contributed by atoms with Crippen molar-refractivity contribution >= 4 is 33.2 Å². The Labute approximate surface area is 181 Å². The van der Waals surface area contributed by atoms with Gasteiger partial charge in [-0.1, -0.05) is 12.1 Å². The van der Waals surface area contributed by atoms with Gasteiger partial charge in [-0.2, -0.15) is 0 Å². The van der Waals surface area contributed by atoms with Crippen LogP contribution in [0.2, 0.25) is 0 Å². The standard InChI is InChI=1S/C21H26N4O5S/c1-16(26)23-18-6-8-20(9-7-18)31(28,29)22-14-21(27)24-19-4-2-17(3-5-19)15-25-10-12-30-13-11-25/h2-9,22H,10-15H2,1H3,(H,23,26)(H,24,27). The maximum absolute atomic E-state index is 12.4. The summed E-state index contributed by atoms with van der Waals surface area (Å²) in [6.07, 6.45) is 0. The van der Waals surface area contributed by atoms with Crippen molar-refractivity contribution in [3.05, 3.63) is 54.1 Å². The predicted octanol–water partition coefficient (Wildman–Crippen LogP) is 1.39. The highest BCUT2D eigenvalue weighted by molar-refractivity contribution is 7.89. The molecule has 10 heteroatoms. The van der Waals surface area contributed by atoms with Gasteiger partial charge in [-0.05, 0) is 42.0 Å². The number of nitrogens with zero attached hydrogens (tertiary/aromatic N) is 1. The molecule has 1 fully saturated rings. The van der Waals surface area contributed by atoms with Gasteiger partial charge in [0.25, 0.3) is 0 Å². The average Bonchev–Trinajstić information content (AvgIpc) is 2.74. The van der Waals surface area contributed by atoms with Crippen LogP contribution >= 0.6 is 0 Å². The van der Waals surface area contributed by atoms with Gasteiger partial charge in [0.1, 0.15) is 0 Å². The number of morpholine rings is 1. The minimum absolute atomic E-state index is 0.00173. The van der Waals surface area contributed by atoms with Crippen molar-refractivity contribution < 1.29 is 22.7 Å². The van der Waals surface area contributed by atoms with Crippen LogP contribution in [0, 0.1) is 0 Å². The van der Waals surface area contributed by atoms with Crippen LogP contribution in [-0.2, 0) is 30.9 Å². The number of carbonyl (C=O) groups is 2. The number of ether oxygens (including phenoxy) is 1. The van der Waals surface area contributed by atoms with Crippen molar-refractivity contribution in [3.63, 3.8) is 0 Å². The van der Waals surface area contributed by atoms with Gasteiger partial charge in [-0.25, -0.2) is 13.1 Å². The number of rotatable bonds is 8. The largest absolute Gasteiger partial charge is 0.379 e. The van der Waals surface area contributed by atoms with Crippen molar-refractivity contribution in [2.24, 2.45) is 0 Å². The van der Waals surface area contributed by atoms with E-state index in [9.17, 15) is 18.0 Å². The van der Waals surface area contributed by atoms with Crippen LogP contribution in [0.5, 0.6) is 0 Å². The minimum atomic E-state index is -3.86. The lowest BCUT2D eigenvalue weighted by atomic mass is 10.2. The van der Waals surface area contributed by atoms with E-state index in [4.69, 9.17) is 4.74 Å². The molecule has 1 aliphatic heterocycles. The summed E-state index contributed by atoms with van der Waals surface area (Å²) in [7, 11) is -3.86. The Morgan fingerprint density at radius 1 is 0.935 bits per heavy atom. The van der Waals surface area contributed by atoms with E-state index in [2.05, 4.69) is 20.3 Å². The molecule has 0 radical (unpaired) electrons. The third-order valence-electron chi connectivity index (χ3n) is 4.66. The van der Waals surface area contributed by atoms with Gasteiger partial charge in [0.05, 0.1) is 24.7 Å². The van der Waals surface area contributed by atoms with E-state index in [1.807, 2.05) is 12.1 Å². The van der Waals surface area contributed by atoms with Gasteiger partial charge >= 0.3 is 0 Å². The SMILES string of the molecule is CC(=O)Nc1ccc(S(=O)(=O)NCC(=O)Nc2ccc(CN3CCOCC3)cc2)cc1. The number of nitrogens with one attached hydrogen (secondary N) is 3. The van der Waals surface area contributed by atoms with E-state index in [-0.39, 0.29) is 10.8 Å². The summed E-state index contributed by atoms with van der Waals surface area (Å²) in [4.78, 5) is 25.5. The summed E-state index contributed by atoms with van der Waals surface area (Å²) in [6, 6.07) is 13.1. The molecule has 1 heterocycles. The number of carbonyl (C=O) groups excluding carboxylic acids is 2. The molecule has 166 valence electrons. The molecule has 0 unspecified atom stereocenters. The third kappa shape index (κ3) is 7.14. The number of hydrogen-bond donors (Lipinski definition) is 3. The second kappa shape index (κ2) is 10.5. The van der Waals surface area contributed by atoms with Crippen LogP contribution in [-0.4, -0.2) is 58.0 Å². The van der Waals surface area contributed by atoms with Crippen LogP contribution in [0.15, 0.2) is 53.4 Å². The highest BCUT2D eigenvalue weighted by Gasteiger charge is 2.16. The molecule has 0 atom stereocenters. The molecule has 9 nitrogen and oxygen atoms in total. The summed E-state index contributed by atoms with van der Waals surface area (Å²) in [6.45, 7) is 5.06. The van der Waals surface area contributed by atoms with Crippen LogP contribution < -0.4 is 15.4 Å². The molecular formula is C21H26N4O5S. The number of amides is 2. The molecule has 1 saturated heterocycles. The first-order valence-electron chi connectivity index (χ1n) is 9.88. The smallest absolute Gasteiger partial charge is 0.241 e. The zero-order valence-electron chi connectivity index (χ0n) is 17.3. The first-order chi connectivity index (χ1) is 14.8. The lowest BCUT2D eigenvalue weighted by molar-refractivity contribution is -0.115. The quantitative estimate of drug-likeness (QED) is 0.564. The van der Waals surface area contributed by atoms with Gasteiger partial charge in [-0.3, -0.25) is 14.5 Å². The maximum Gasteiger partial charge on any atom is 0.241 e. The van der Waals surface area contributed by atoms with Gasteiger partial charge in [0.15, 0.2) is 0 Å². The Morgan fingerprint density at radius 3 is 2.13 bits per heavy atom. The molecule has 0 aliphatic carbocycles. The first-order valence-corrected chi connectivity index (χ1v) is 11.4. The summed E-state index contributed by atoms with van der Waals surface area (Å²) >= 11 is 0. The highest BCUT2D eigenvalue weighted by Crippen LogP contribution is 2.15. The van der Waals surface area contributed by atoms with Crippen molar-refractivity contribution in [2.45, 2.75) is 18.4 Å². The third-order valence-corrected chi connectivity index (χ3v) is 6.07. The van der Waals surface area contributed by atoms with E-state index in [0.29, 0.717) is 11.4 Å². The molecule has 3 N–H and O–H groups in total. The van der Waals surface area contributed by atoms with Gasteiger partial charge in [-0.15, -0.1) is 0 Å². The lowest BCUT2D eigenvalue weighted by Gasteiger charge is -2.26. The van der Waals surface area contributed by atoms with Crippen LogP contribution in [0.4, 0.5) is 11.4 Å². The molecule has 0 bridgehead atoms. The predicted molar refractivity (Wildman–Crippen MR) is 117 cm³/mol. The summed E-state index contributed by atoms with van der Waals surface area (Å²) in [5, 5.41) is 5.24. The number of hydrogen-bond acceptors (Lipinski definition) is 6. The van der Waals surface area contributed by atoms with Gasteiger partial charge in [0, 0.05) is 37.9 Å². The maximum atomic E-state index is 12.4. The number of sulfonamides is 1. The second-order valence-electron chi connectivity index (χ2n) is 7.16. The second-order valence-corrected chi connectivity index (χ2v) is 8.93. The molecule has 2 aromatic rings. The normalized spacial score (nSPS) is 14.7. The fourth-order valence-electron chi connectivity index (χ4n) is 3.08. The van der Waals surface area contributed by atoms with Crippen molar-refractivity contribution in [1.29, 1.82) is 0 Å². The number of benzene rings is 2. The molecule has 3 rings (SSSR count). The lowest BCUT2D eigenvalue weighted by Crippen LogP contribution is -2.35. The van der Waals surface area contributed by atoms with Gasteiger partial charge in [0.2, 0.25) is 21.8 Å². The van der Waals surface area contributed by atoms with Crippen molar-refractivity contribution in [2.75, 3.05) is 43.5 Å². The first kappa shape index (κ1) is 22.9. The zero-order valence-corrected chi connectivity index (χ0v) is 18.1. The summed E-state index contributed by atoms with van der Waals surface area (Å²) in [5.74, 6) is -0.723. The van der Waals surface area contributed by atoms with E-state index in [1.165, 1.54) is 31.2 Å². The monoisotopic (exact) mass is 446 g/mol. The fraction of sp³-hybridized carbons (Fsp3) is 0.333. The zero-order chi connectivity index (χ0) is 22.3. The Morgan fingerprint density at radius 2 is 1.52 bits per heavy atom. The summed E-state index contributed by atoms with van der Waals surface area (Å²) < 4.78 is 32.3. The van der Waals surface area contributed by atoms with Crippen LogP contribution in [0.3, 0.4) is 0 Å². The Balaban J connectivity index is 1.49. The Hall–Kier alpha value is -2.79.